The number of aliphatic hydroxyl groups excluding tert-OH is 1. The Morgan fingerprint density at radius 2 is 2.00 bits per heavy atom. The van der Waals surface area contributed by atoms with Gasteiger partial charge in [0.15, 0.2) is 0 Å². The summed E-state index contributed by atoms with van der Waals surface area (Å²) in [6.45, 7) is 11.9. The van der Waals surface area contributed by atoms with Crippen LogP contribution in [-0.2, 0) is 9.47 Å². The van der Waals surface area contributed by atoms with Crippen molar-refractivity contribution in [1.29, 1.82) is 0 Å². The van der Waals surface area contributed by atoms with E-state index >= 15 is 0 Å². The van der Waals surface area contributed by atoms with E-state index in [1.165, 1.54) is 0 Å². The topological polar surface area (TPSA) is 71.1 Å². The van der Waals surface area contributed by atoms with Gasteiger partial charge in [0.2, 0.25) is 0 Å². The van der Waals surface area contributed by atoms with Crippen LogP contribution in [0.3, 0.4) is 0 Å². The van der Waals surface area contributed by atoms with E-state index < -0.39 is 23.4 Å². The lowest BCUT2D eigenvalue weighted by Crippen LogP contribution is -2.51. The normalized spacial score (nSPS) is 25.9. The quantitative estimate of drug-likeness (QED) is 0.752. The molecule has 3 atom stereocenters. The second kappa shape index (κ2) is 5.67. The lowest BCUT2D eigenvalue weighted by atomic mass is 9.92. The number of carbonyl (C=O) groups is 1. The molecule has 0 aliphatic carbocycles. The Labute approximate surface area is 115 Å². The SMILES string of the molecule is CC(C)CC(NC(=O)OC(C)(C)C)[C@@H](O)[C@]1(C)CO1. The number of hydrogen-bond acceptors (Lipinski definition) is 4. The molecule has 1 amide bonds. The van der Waals surface area contributed by atoms with Gasteiger partial charge in [-0.3, -0.25) is 0 Å². The highest BCUT2D eigenvalue weighted by molar-refractivity contribution is 5.68. The van der Waals surface area contributed by atoms with Gasteiger partial charge in [-0.2, -0.15) is 0 Å². The summed E-state index contributed by atoms with van der Waals surface area (Å²) < 4.78 is 10.5. The first-order valence-electron chi connectivity index (χ1n) is 6.85. The van der Waals surface area contributed by atoms with Crippen LogP contribution in [0.2, 0.25) is 0 Å². The minimum absolute atomic E-state index is 0.358. The van der Waals surface area contributed by atoms with Crippen LogP contribution < -0.4 is 5.32 Å². The number of epoxide rings is 1. The molecule has 2 N–H and O–H groups in total. The van der Waals surface area contributed by atoms with Crippen molar-refractivity contribution in [3.63, 3.8) is 0 Å². The van der Waals surface area contributed by atoms with E-state index in [-0.39, 0.29) is 6.04 Å². The summed E-state index contributed by atoms with van der Waals surface area (Å²) in [5.74, 6) is 0.358. The van der Waals surface area contributed by atoms with E-state index in [0.717, 1.165) is 0 Å². The highest BCUT2D eigenvalue weighted by atomic mass is 16.6. The Morgan fingerprint density at radius 1 is 1.47 bits per heavy atom. The summed E-state index contributed by atoms with van der Waals surface area (Å²) >= 11 is 0. The standard InChI is InChI=1S/C14H27NO4/c1-9(2)7-10(11(16)14(6)8-18-14)15-12(17)19-13(3,4)5/h9-11,16H,7-8H2,1-6H3,(H,15,17)/t10?,11-,14+/m1/s1. The fraction of sp³-hybridized carbons (Fsp3) is 0.929. The van der Waals surface area contributed by atoms with Crippen molar-refractivity contribution < 1.29 is 19.4 Å². The van der Waals surface area contributed by atoms with Gasteiger partial charge in [-0.25, -0.2) is 4.79 Å². The van der Waals surface area contributed by atoms with Gasteiger partial charge in [0.05, 0.1) is 12.6 Å². The van der Waals surface area contributed by atoms with E-state index in [4.69, 9.17) is 9.47 Å². The summed E-state index contributed by atoms with van der Waals surface area (Å²) in [5, 5.41) is 13.1. The molecule has 1 aliphatic heterocycles. The monoisotopic (exact) mass is 273 g/mol. The van der Waals surface area contributed by atoms with Gasteiger partial charge >= 0.3 is 6.09 Å². The molecule has 0 bridgehead atoms. The Bertz CT molecular complexity index is 318. The van der Waals surface area contributed by atoms with Crippen LogP contribution in [0, 0.1) is 5.92 Å². The maximum absolute atomic E-state index is 11.8. The fourth-order valence-electron chi connectivity index (χ4n) is 1.94. The first kappa shape index (κ1) is 16.2. The van der Waals surface area contributed by atoms with Crippen molar-refractivity contribution in [3.8, 4) is 0 Å². The number of amides is 1. The molecule has 5 heteroatoms. The molecule has 0 aromatic rings. The number of carbonyl (C=O) groups excluding carboxylic acids is 1. The van der Waals surface area contributed by atoms with Gasteiger partial charge in [-0.05, 0) is 40.0 Å². The van der Waals surface area contributed by atoms with E-state index in [1.54, 1.807) is 0 Å². The van der Waals surface area contributed by atoms with Gasteiger partial charge < -0.3 is 19.9 Å². The van der Waals surface area contributed by atoms with Crippen molar-refractivity contribution >= 4 is 6.09 Å². The maximum Gasteiger partial charge on any atom is 0.407 e. The molecule has 0 spiro atoms. The third kappa shape index (κ3) is 5.37. The molecule has 0 aromatic heterocycles. The van der Waals surface area contributed by atoms with Crippen molar-refractivity contribution in [2.24, 2.45) is 5.92 Å². The summed E-state index contributed by atoms with van der Waals surface area (Å²) in [5.41, 5.74) is -1.08. The smallest absolute Gasteiger partial charge is 0.407 e. The second-order valence-corrected chi connectivity index (χ2v) is 6.93. The van der Waals surface area contributed by atoms with Gasteiger partial charge in [-0.1, -0.05) is 13.8 Å². The van der Waals surface area contributed by atoms with E-state index in [1.807, 2.05) is 41.5 Å². The van der Waals surface area contributed by atoms with Crippen molar-refractivity contribution in [3.05, 3.63) is 0 Å². The Kier molecular flexibility index (Phi) is 4.85. The minimum atomic E-state index is -0.720. The minimum Gasteiger partial charge on any atom is -0.444 e. The van der Waals surface area contributed by atoms with Crippen LogP contribution >= 0.6 is 0 Å². The molecule has 1 aliphatic rings. The first-order chi connectivity index (χ1) is 8.53. The van der Waals surface area contributed by atoms with Gasteiger partial charge in [-0.15, -0.1) is 0 Å². The van der Waals surface area contributed by atoms with Crippen molar-refractivity contribution in [2.45, 2.75) is 71.3 Å². The molecule has 1 saturated heterocycles. The largest absolute Gasteiger partial charge is 0.444 e. The zero-order chi connectivity index (χ0) is 14.8. The van der Waals surface area contributed by atoms with Crippen molar-refractivity contribution in [2.75, 3.05) is 6.61 Å². The molecule has 0 saturated carbocycles. The third-order valence-corrected chi connectivity index (χ3v) is 3.03. The molecule has 19 heavy (non-hydrogen) atoms. The average molecular weight is 273 g/mol. The molecular weight excluding hydrogens is 246 g/mol. The molecule has 1 rings (SSSR count). The predicted molar refractivity (Wildman–Crippen MR) is 73.0 cm³/mol. The first-order valence-corrected chi connectivity index (χ1v) is 6.85. The predicted octanol–water partition coefficient (Wildman–Crippen LogP) is 2.08. The number of rotatable bonds is 5. The van der Waals surface area contributed by atoms with Crippen LogP contribution in [0.1, 0.15) is 48.0 Å². The van der Waals surface area contributed by atoms with Crippen LogP contribution in [0.4, 0.5) is 4.79 Å². The zero-order valence-electron chi connectivity index (χ0n) is 12.8. The molecule has 0 radical (unpaired) electrons. The number of nitrogens with one attached hydrogen (secondary N) is 1. The molecule has 112 valence electrons. The molecule has 0 aromatic carbocycles. The van der Waals surface area contributed by atoms with Crippen LogP contribution in [-0.4, -0.2) is 41.2 Å². The van der Waals surface area contributed by atoms with E-state index in [0.29, 0.717) is 18.9 Å². The highest BCUT2D eigenvalue weighted by Gasteiger charge is 2.50. The van der Waals surface area contributed by atoms with Gasteiger partial charge in [0.25, 0.3) is 0 Å². The number of aliphatic hydroxyl groups is 1. The Hall–Kier alpha value is -0.810. The Morgan fingerprint density at radius 3 is 2.37 bits per heavy atom. The number of ether oxygens (including phenoxy) is 2. The second-order valence-electron chi connectivity index (χ2n) is 6.93. The van der Waals surface area contributed by atoms with Gasteiger partial charge in [0, 0.05) is 0 Å². The number of hydrogen-bond donors (Lipinski definition) is 2. The molecule has 1 heterocycles. The van der Waals surface area contributed by atoms with Gasteiger partial charge in [0.1, 0.15) is 17.3 Å². The van der Waals surface area contributed by atoms with E-state index in [2.05, 4.69) is 5.32 Å². The average Bonchev–Trinajstić information content (AvgIpc) is 2.92. The third-order valence-electron chi connectivity index (χ3n) is 3.03. The highest BCUT2D eigenvalue weighted by Crippen LogP contribution is 2.33. The zero-order valence-corrected chi connectivity index (χ0v) is 12.8. The summed E-state index contributed by atoms with van der Waals surface area (Å²) in [4.78, 5) is 11.8. The number of alkyl carbamates (subject to hydrolysis) is 1. The van der Waals surface area contributed by atoms with Crippen LogP contribution in [0.15, 0.2) is 0 Å². The van der Waals surface area contributed by atoms with Crippen molar-refractivity contribution in [1.82, 2.24) is 5.32 Å². The molecule has 1 fully saturated rings. The molecular formula is C14H27NO4. The summed E-state index contributed by atoms with van der Waals surface area (Å²) in [6, 6.07) is -0.359. The fourth-order valence-corrected chi connectivity index (χ4v) is 1.94. The maximum atomic E-state index is 11.8. The summed E-state index contributed by atoms with van der Waals surface area (Å²) in [7, 11) is 0. The molecule has 5 nitrogen and oxygen atoms in total. The van der Waals surface area contributed by atoms with Crippen LogP contribution in [0.5, 0.6) is 0 Å². The summed E-state index contributed by atoms with van der Waals surface area (Å²) in [6.07, 6.45) is -0.539. The molecule has 1 unspecified atom stereocenters. The lowest BCUT2D eigenvalue weighted by molar-refractivity contribution is 0.0228. The van der Waals surface area contributed by atoms with Crippen LogP contribution in [0.25, 0.3) is 0 Å². The lowest BCUT2D eigenvalue weighted by Gasteiger charge is -2.29. The van der Waals surface area contributed by atoms with E-state index in [9.17, 15) is 9.90 Å². The Balaban J connectivity index is 2.62.